The first-order chi connectivity index (χ1) is 9.86. The standard InChI is InChI=1S/C14H21N3O3S/c1-11-3-4-12(2)13(9-11)21(19,20)17-7-5-16(6-8-17)14(18)10-15/h3-4,9H,5-8,10,15H2,1-2H3. The Morgan fingerprint density at radius 3 is 2.38 bits per heavy atom. The Hall–Kier alpha value is -1.44. The normalized spacial score (nSPS) is 17.0. The van der Waals surface area contributed by atoms with E-state index in [1.165, 1.54) is 4.31 Å². The zero-order valence-corrected chi connectivity index (χ0v) is 13.2. The van der Waals surface area contributed by atoms with Crippen LogP contribution in [0.1, 0.15) is 11.1 Å². The van der Waals surface area contributed by atoms with Crippen molar-refractivity contribution in [2.75, 3.05) is 32.7 Å². The number of hydrogen-bond acceptors (Lipinski definition) is 4. The number of nitrogens with two attached hydrogens (primary N) is 1. The highest BCUT2D eigenvalue weighted by Gasteiger charge is 2.30. The van der Waals surface area contributed by atoms with Crippen molar-refractivity contribution in [3.05, 3.63) is 29.3 Å². The molecule has 0 unspecified atom stereocenters. The highest BCUT2D eigenvalue weighted by molar-refractivity contribution is 7.89. The van der Waals surface area contributed by atoms with Crippen LogP contribution in [-0.4, -0.2) is 56.3 Å². The van der Waals surface area contributed by atoms with Crippen molar-refractivity contribution in [2.45, 2.75) is 18.7 Å². The van der Waals surface area contributed by atoms with Gasteiger partial charge in [-0.1, -0.05) is 12.1 Å². The van der Waals surface area contributed by atoms with Gasteiger partial charge in [0, 0.05) is 26.2 Å². The van der Waals surface area contributed by atoms with Crippen molar-refractivity contribution < 1.29 is 13.2 Å². The Morgan fingerprint density at radius 1 is 1.19 bits per heavy atom. The molecular weight excluding hydrogens is 290 g/mol. The number of rotatable bonds is 3. The van der Waals surface area contributed by atoms with Crippen molar-refractivity contribution in [1.82, 2.24) is 9.21 Å². The van der Waals surface area contributed by atoms with Crippen LogP contribution in [0.5, 0.6) is 0 Å². The molecule has 0 aromatic heterocycles. The lowest BCUT2D eigenvalue weighted by Crippen LogP contribution is -2.51. The van der Waals surface area contributed by atoms with Gasteiger partial charge in [0.2, 0.25) is 15.9 Å². The van der Waals surface area contributed by atoms with E-state index in [1.54, 1.807) is 17.9 Å². The van der Waals surface area contributed by atoms with Crippen LogP contribution >= 0.6 is 0 Å². The molecule has 0 aliphatic carbocycles. The molecule has 0 atom stereocenters. The zero-order valence-electron chi connectivity index (χ0n) is 12.4. The summed E-state index contributed by atoms with van der Waals surface area (Å²) >= 11 is 0. The van der Waals surface area contributed by atoms with Gasteiger partial charge in [0.25, 0.3) is 0 Å². The minimum atomic E-state index is -3.51. The fourth-order valence-corrected chi connectivity index (χ4v) is 4.16. The Kier molecular flexibility index (Phi) is 4.65. The van der Waals surface area contributed by atoms with Gasteiger partial charge in [-0.15, -0.1) is 0 Å². The summed E-state index contributed by atoms with van der Waals surface area (Å²) in [5.41, 5.74) is 6.98. The minimum absolute atomic E-state index is 0.0380. The topological polar surface area (TPSA) is 83.7 Å². The Labute approximate surface area is 125 Å². The van der Waals surface area contributed by atoms with E-state index in [2.05, 4.69) is 0 Å². The van der Waals surface area contributed by atoms with Crippen molar-refractivity contribution in [2.24, 2.45) is 5.73 Å². The Bertz CT molecular complexity index is 635. The number of carbonyl (C=O) groups is 1. The lowest BCUT2D eigenvalue weighted by molar-refractivity contribution is -0.130. The summed E-state index contributed by atoms with van der Waals surface area (Å²) < 4.78 is 26.8. The number of aryl methyl sites for hydroxylation is 2. The smallest absolute Gasteiger partial charge is 0.243 e. The summed E-state index contributed by atoms with van der Waals surface area (Å²) in [5.74, 6) is -0.140. The second-order valence-electron chi connectivity index (χ2n) is 5.26. The second-order valence-corrected chi connectivity index (χ2v) is 7.16. The highest BCUT2D eigenvalue weighted by atomic mass is 32.2. The fourth-order valence-electron chi connectivity index (χ4n) is 2.43. The average molecular weight is 311 g/mol. The largest absolute Gasteiger partial charge is 0.339 e. The maximum atomic E-state index is 12.7. The lowest BCUT2D eigenvalue weighted by Gasteiger charge is -2.34. The number of hydrogen-bond donors (Lipinski definition) is 1. The molecule has 1 saturated heterocycles. The molecule has 0 saturated carbocycles. The van der Waals surface area contributed by atoms with Crippen LogP contribution in [0.15, 0.2) is 23.1 Å². The molecular formula is C14H21N3O3S. The maximum Gasteiger partial charge on any atom is 0.243 e. The van der Waals surface area contributed by atoms with E-state index in [4.69, 9.17) is 5.73 Å². The molecule has 0 bridgehead atoms. The number of amides is 1. The van der Waals surface area contributed by atoms with Crippen LogP contribution in [-0.2, 0) is 14.8 Å². The van der Waals surface area contributed by atoms with Gasteiger partial charge < -0.3 is 10.6 Å². The first kappa shape index (κ1) is 15.9. The van der Waals surface area contributed by atoms with Crippen LogP contribution < -0.4 is 5.73 Å². The minimum Gasteiger partial charge on any atom is -0.339 e. The van der Waals surface area contributed by atoms with Crippen molar-refractivity contribution in [1.29, 1.82) is 0 Å². The van der Waals surface area contributed by atoms with Gasteiger partial charge in [-0.3, -0.25) is 4.79 Å². The zero-order chi connectivity index (χ0) is 15.6. The van der Waals surface area contributed by atoms with E-state index in [0.29, 0.717) is 31.1 Å². The Morgan fingerprint density at radius 2 is 1.81 bits per heavy atom. The molecule has 1 aromatic carbocycles. The third-order valence-electron chi connectivity index (χ3n) is 3.73. The van der Waals surface area contributed by atoms with E-state index in [-0.39, 0.29) is 12.5 Å². The molecule has 0 radical (unpaired) electrons. The van der Waals surface area contributed by atoms with Crippen LogP contribution in [0.25, 0.3) is 0 Å². The van der Waals surface area contributed by atoms with Crippen LogP contribution in [0.2, 0.25) is 0 Å². The Balaban J connectivity index is 2.19. The second kappa shape index (κ2) is 6.13. The summed E-state index contributed by atoms with van der Waals surface area (Å²) in [6.45, 7) is 5.02. The molecule has 21 heavy (non-hydrogen) atoms. The summed E-state index contributed by atoms with van der Waals surface area (Å²) in [6.07, 6.45) is 0. The monoisotopic (exact) mass is 311 g/mol. The van der Waals surface area contributed by atoms with Gasteiger partial charge in [-0.05, 0) is 31.0 Å². The number of sulfonamides is 1. The van der Waals surface area contributed by atoms with Crippen molar-refractivity contribution in [3.63, 3.8) is 0 Å². The first-order valence-electron chi connectivity index (χ1n) is 6.91. The fraction of sp³-hybridized carbons (Fsp3) is 0.500. The molecule has 116 valence electrons. The molecule has 2 rings (SSSR count). The summed E-state index contributed by atoms with van der Waals surface area (Å²) in [7, 11) is -3.51. The molecule has 6 nitrogen and oxygen atoms in total. The molecule has 1 aliphatic heterocycles. The van der Waals surface area contributed by atoms with E-state index in [9.17, 15) is 13.2 Å². The molecule has 1 heterocycles. The van der Waals surface area contributed by atoms with Crippen molar-refractivity contribution in [3.8, 4) is 0 Å². The van der Waals surface area contributed by atoms with E-state index in [0.717, 1.165) is 11.1 Å². The van der Waals surface area contributed by atoms with Crippen LogP contribution in [0, 0.1) is 13.8 Å². The van der Waals surface area contributed by atoms with E-state index < -0.39 is 10.0 Å². The predicted molar refractivity (Wildman–Crippen MR) is 80.3 cm³/mol. The maximum absolute atomic E-state index is 12.7. The summed E-state index contributed by atoms with van der Waals surface area (Å²) in [4.78, 5) is 13.5. The molecule has 2 N–H and O–H groups in total. The van der Waals surface area contributed by atoms with Crippen LogP contribution in [0.3, 0.4) is 0 Å². The number of piperazine rings is 1. The molecule has 1 aliphatic rings. The number of nitrogens with zero attached hydrogens (tertiary/aromatic N) is 2. The lowest BCUT2D eigenvalue weighted by atomic mass is 10.2. The van der Waals surface area contributed by atoms with Gasteiger partial charge >= 0.3 is 0 Å². The van der Waals surface area contributed by atoms with Gasteiger partial charge in [0.1, 0.15) is 0 Å². The number of carbonyl (C=O) groups excluding carboxylic acids is 1. The van der Waals surface area contributed by atoms with E-state index in [1.807, 2.05) is 19.1 Å². The molecule has 1 amide bonds. The molecule has 1 fully saturated rings. The quantitative estimate of drug-likeness (QED) is 0.858. The number of benzene rings is 1. The molecule has 7 heteroatoms. The predicted octanol–water partition coefficient (Wildman–Crippen LogP) is 0.0950. The summed E-state index contributed by atoms with van der Waals surface area (Å²) in [5, 5.41) is 0. The highest BCUT2D eigenvalue weighted by Crippen LogP contribution is 2.22. The average Bonchev–Trinajstić information content (AvgIpc) is 2.49. The van der Waals surface area contributed by atoms with Crippen molar-refractivity contribution >= 4 is 15.9 Å². The third kappa shape index (κ3) is 3.25. The molecule has 0 spiro atoms. The van der Waals surface area contributed by atoms with Gasteiger partial charge in [0.05, 0.1) is 11.4 Å². The van der Waals surface area contributed by atoms with Gasteiger partial charge in [-0.25, -0.2) is 8.42 Å². The van der Waals surface area contributed by atoms with Crippen LogP contribution in [0.4, 0.5) is 0 Å². The molecule has 1 aromatic rings. The third-order valence-corrected chi connectivity index (χ3v) is 5.77. The van der Waals surface area contributed by atoms with Gasteiger partial charge in [-0.2, -0.15) is 4.31 Å². The summed E-state index contributed by atoms with van der Waals surface area (Å²) in [6, 6.07) is 5.41. The first-order valence-corrected chi connectivity index (χ1v) is 8.35. The van der Waals surface area contributed by atoms with Gasteiger partial charge in [0.15, 0.2) is 0 Å². The SMILES string of the molecule is Cc1ccc(C)c(S(=O)(=O)N2CCN(C(=O)CN)CC2)c1. The van der Waals surface area contributed by atoms with E-state index >= 15 is 0 Å².